The number of imidazole rings is 1. The number of piperidine rings is 1. The average Bonchev–Trinajstić information content (AvgIpc) is 3.09. The van der Waals surface area contributed by atoms with Crippen LogP contribution in [0.1, 0.15) is 36.5 Å². The van der Waals surface area contributed by atoms with Crippen molar-refractivity contribution in [3.8, 4) is 0 Å². The Morgan fingerprint density at radius 1 is 1.39 bits per heavy atom. The van der Waals surface area contributed by atoms with Crippen LogP contribution in [0.3, 0.4) is 0 Å². The monoisotopic (exact) mass is 390 g/mol. The molecule has 152 valence electrons. The van der Waals surface area contributed by atoms with E-state index in [0.717, 1.165) is 11.6 Å². The van der Waals surface area contributed by atoms with Gasteiger partial charge in [0, 0.05) is 25.8 Å². The van der Waals surface area contributed by atoms with Gasteiger partial charge in [-0.25, -0.2) is 14.8 Å². The van der Waals surface area contributed by atoms with Crippen molar-refractivity contribution in [1.29, 1.82) is 0 Å². The van der Waals surface area contributed by atoms with Crippen LogP contribution in [-0.4, -0.2) is 75.3 Å². The number of ether oxygens (including phenoxy) is 2. The number of rotatable bonds is 3. The fourth-order valence-corrected chi connectivity index (χ4v) is 4.26. The summed E-state index contributed by atoms with van der Waals surface area (Å²) in [5.74, 6) is 0.344. The Kier molecular flexibility index (Phi) is 4.98. The van der Waals surface area contributed by atoms with Gasteiger partial charge in [-0.15, -0.1) is 0 Å². The Bertz CT molecular complexity index is 875. The number of aromatic nitrogens is 3. The zero-order valence-corrected chi connectivity index (χ0v) is 16.2. The molecule has 0 radical (unpaired) electrons. The first kappa shape index (κ1) is 19.1. The quantitative estimate of drug-likeness (QED) is 0.738. The van der Waals surface area contributed by atoms with Gasteiger partial charge in [0.2, 0.25) is 5.95 Å². The highest BCUT2D eigenvalue weighted by atomic mass is 16.5. The smallest absolute Gasteiger partial charge is 0.339 e. The van der Waals surface area contributed by atoms with Crippen molar-refractivity contribution in [2.75, 3.05) is 31.7 Å². The number of anilines is 1. The zero-order valence-electron chi connectivity index (χ0n) is 16.2. The maximum atomic E-state index is 11.8. The second-order valence-corrected chi connectivity index (χ2v) is 7.42. The summed E-state index contributed by atoms with van der Waals surface area (Å²) in [7, 11) is 1.34. The Balaban J connectivity index is 1.60. The molecule has 1 spiro atoms. The molecule has 2 aromatic heterocycles. The lowest BCUT2D eigenvalue weighted by molar-refractivity contribution is -0.205. The van der Waals surface area contributed by atoms with Gasteiger partial charge in [-0.1, -0.05) is 0 Å². The minimum atomic E-state index is -0.863. The van der Waals surface area contributed by atoms with Crippen molar-refractivity contribution in [3.05, 3.63) is 17.8 Å². The molecule has 2 aliphatic rings. The van der Waals surface area contributed by atoms with Gasteiger partial charge in [-0.2, -0.15) is 0 Å². The normalized spacial score (nSPS) is 24.6. The summed E-state index contributed by atoms with van der Waals surface area (Å²) in [4.78, 5) is 23.1. The van der Waals surface area contributed by atoms with E-state index >= 15 is 0 Å². The van der Waals surface area contributed by atoms with Crippen LogP contribution in [0.25, 0.3) is 11.2 Å². The molecule has 28 heavy (non-hydrogen) atoms. The van der Waals surface area contributed by atoms with Crippen LogP contribution in [0.2, 0.25) is 0 Å². The van der Waals surface area contributed by atoms with Crippen LogP contribution in [0.4, 0.5) is 5.95 Å². The molecule has 0 aliphatic carbocycles. The number of hydrogen-bond donors (Lipinski definition) is 2. The molecular formula is C19H26N4O5. The summed E-state index contributed by atoms with van der Waals surface area (Å²) in [5.41, 5.74) is 1.04. The van der Waals surface area contributed by atoms with Crippen molar-refractivity contribution in [1.82, 2.24) is 14.5 Å². The first-order valence-electron chi connectivity index (χ1n) is 9.68. The number of hydrogen-bond acceptors (Lipinski definition) is 8. The van der Waals surface area contributed by atoms with E-state index in [-0.39, 0.29) is 0 Å². The van der Waals surface area contributed by atoms with Gasteiger partial charge in [0.25, 0.3) is 0 Å². The lowest BCUT2D eigenvalue weighted by atomic mass is 9.81. The Morgan fingerprint density at radius 2 is 2.14 bits per heavy atom. The predicted molar refractivity (Wildman–Crippen MR) is 101 cm³/mol. The van der Waals surface area contributed by atoms with E-state index in [9.17, 15) is 15.0 Å². The predicted octanol–water partition coefficient (Wildman–Crippen LogP) is 0.719. The molecule has 4 rings (SSSR count). The van der Waals surface area contributed by atoms with E-state index in [0.29, 0.717) is 56.6 Å². The van der Waals surface area contributed by atoms with Crippen LogP contribution < -0.4 is 4.90 Å². The molecule has 2 fully saturated rings. The van der Waals surface area contributed by atoms with Gasteiger partial charge >= 0.3 is 5.97 Å². The fraction of sp³-hybridized carbons (Fsp3) is 0.632. The molecule has 0 amide bonds. The third kappa shape index (κ3) is 3.03. The first-order chi connectivity index (χ1) is 13.5. The molecule has 2 N–H and O–H groups in total. The van der Waals surface area contributed by atoms with E-state index in [2.05, 4.69) is 9.88 Å². The van der Waals surface area contributed by atoms with Gasteiger partial charge in [0.05, 0.1) is 31.0 Å². The third-order valence-electron chi connectivity index (χ3n) is 5.90. The van der Waals surface area contributed by atoms with E-state index in [4.69, 9.17) is 14.5 Å². The molecule has 0 saturated carbocycles. The third-order valence-corrected chi connectivity index (χ3v) is 5.90. The Labute approximate surface area is 162 Å². The standard InChI is InChI=1S/C19H26N4O5/c1-3-23-16-13(10-12(11-20-16)17(26)27-2)21-18(23)22-7-5-19(6-8-22)15(25)14(24)4-9-28-19/h10-11,14-15,24-25H,3-9H2,1-2H3/t14-,15-/m0/s1. The maximum absolute atomic E-state index is 11.8. The molecule has 2 aliphatic heterocycles. The summed E-state index contributed by atoms with van der Waals surface area (Å²) in [6.07, 6.45) is 1.59. The fourth-order valence-electron chi connectivity index (χ4n) is 4.26. The van der Waals surface area contributed by atoms with Gasteiger partial charge in [-0.05, 0) is 32.3 Å². The summed E-state index contributed by atoms with van der Waals surface area (Å²) in [5, 5.41) is 20.5. The first-order valence-corrected chi connectivity index (χ1v) is 9.68. The lowest BCUT2D eigenvalue weighted by Crippen LogP contribution is -2.60. The highest BCUT2D eigenvalue weighted by molar-refractivity contribution is 5.92. The maximum Gasteiger partial charge on any atom is 0.339 e. The number of esters is 1. The van der Waals surface area contributed by atoms with Crippen molar-refractivity contribution in [2.24, 2.45) is 0 Å². The molecule has 0 unspecified atom stereocenters. The topological polar surface area (TPSA) is 110 Å². The number of nitrogens with zero attached hydrogens (tertiary/aromatic N) is 4. The highest BCUT2D eigenvalue weighted by Gasteiger charge is 2.48. The summed E-state index contributed by atoms with van der Waals surface area (Å²) in [6.45, 7) is 4.48. The second kappa shape index (κ2) is 7.31. The minimum Gasteiger partial charge on any atom is -0.465 e. The second-order valence-electron chi connectivity index (χ2n) is 7.42. The molecule has 0 aromatic carbocycles. The number of pyridine rings is 1. The highest BCUT2D eigenvalue weighted by Crippen LogP contribution is 2.37. The molecule has 2 saturated heterocycles. The van der Waals surface area contributed by atoms with E-state index in [1.807, 2.05) is 11.5 Å². The lowest BCUT2D eigenvalue weighted by Gasteiger charge is -2.48. The Morgan fingerprint density at radius 3 is 2.82 bits per heavy atom. The number of aliphatic hydroxyl groups is 2. The number of methoxy groups -OCH3 is 1. The largest absolute Gasteiger partial charge is 0.465 e. The molecule has 9 heteroatoms. The van der Waals surface area contributed by atoms with Crippen LogP contribution in [0.5, 0.6) is 0 Å². The van der Waals surface area contributed by atoms with E-state index in [1.54, 1.807) is 6.07 Å². The van der Waals surface area contributed by atoms with Crippen LogP contribution in [-0.2, 0) is 16.0 Å². The van der Waals surface area contributed by atoms with Gasteiger partial charge in [0.1, 0.15) is 11.6 Å². The van der Waals surface area contributed by atoms with E-state index in [1.165, 1.54) is 13.3 Å². The SMILES string of the molecule is CCn1c(N2CCC3(CC2)OCC[C@H](O)[C@@H]3O)nc2cc(C(=O)OC)cnc21. The van der Waals surface area contributed by atoms with Crippen molar-refractivity contribution in [3.63, 3.8) is 0 Å². The number of aliphatic hydroxyl groups excluding tert-OH is 2. The molecule has 9 nitrogen and oxygen atoms in total. The molecular weight excluding hydrogens is 364 g/mol. The van der Waals surface area contributed by atoms with Crippen molar-refractivity contribution in [2.45, 2.75) is 50.5 Å². The van der Waals surface area contributed by atoms with Crippen LogP contribution in [0.15, 0.2) is 12.3 Å². The summed E-state index contributed by atoms with van der Waals surface area (Å²) >= 11 is 0. The molecule has 0 bridgehead atoms. The number of fused-ring (bicyclic) bond motifs is 1. The van der Waals surface area contributed by atoms with Gasteiger partial charge in [-0.3, -0.25) is 4.57 Å². The number of aryl methyl sites for hydroxylation is 1. The molecule has 2 aromatic rings. The van der Waals surface area contributed by atoms with Crippen molar-refractivity contribution >= 4 is 23.1 Å². The van der Waals surface area contributed by atoms with Gasteiger partial charge in [0.15, 0.2) is 5.65 Å². The van der Waals surface area contributed by atoms with Crippen LogP contribution >= 0.6 is 0 Å². The van der Waals surface area contributed by atoms with Crippen molar-refractivity contribution < 1.29 is 24.5 Å². The molecule has 2 atom stereocenters. The average molecular weight is 390 g/mol. The van der Waals surface area contributed by atoms with Crippen LogP contribution in [0, 0.1) is 0 Å². The summed E-state index contributed by atoms with van der Waals surface area (Å²) in [6, 6.07) is 1.69. The zero-order chi connectivity index (χ0) is 19.9. The number of carbonyl (C=O) groups is 1. The van der Waals surface area contributed by atoms with Gasteiger partial charge < -0.3 is 24.6 Å². The number of carbonyl (C=O) groups excluding carboxylic acids is 1. The Hall–Kier alpha value is -2.23. The van der Waals surface area contributed by atoms with E-state index < -0.39 is 23.8 Å². The summed E-state index contributed by atoms with van der Waals surface area (Å²) < 4.78 is 12.7. The molecule has 4 heterocycles. The minimum absolute atomic E-state index is 0.368.